The van der Waals surface area contributed by atoms with Crippen molar-refractivity contribution < 1.29 is 13.9 Å². The van der Waals surface area contributed by atoms with Gasteiger partial charge in [-0.25, -0.2) is 4.98 Å². The van der Waals surface area contributed by atoms with Crippen molar-refractivity contribution in [2.24, 2.45) is 0 Å². The maximum Gasteiger partial charge on any atom is 0.238 e. The Morgan fingerprint density at radius 3 is 2.79 bits per heavy atom. The molecule has 2 aromatic heterocycles. The molecule has 1 fully saturated rings. The van der Waals surface area contributed by atoms with Crippen LogP contribution < -0.4 is 4.90 Å². The number of aryl methyl sites for hydroxylation is 1. The maximum atomic E-state index is 13.8. The first-order valence-corrected chi connectivity index (χ1v) is 13.1. The van der Waals surface area contributed by atoms with Crippen LogP contribution in [0.15, 0.2) is 36.7 Å². The molecule has 2 aliphatic rings. The number of imidazole rings is 1. The minimum atomic E-state index is -2.63. The van der Waals surface area contributed by atoms with Gasteiger partial charge in [0, 0.05) is 35.7 Å². The van der Waals surface area contributed by atoms with E-state index < -0.39 is 16.0 Å². The third-order valence-electron chi connectivity index (χ3n) is 6.73. The van der Waals surface area contributed by atoms with Gasteiger partial charge in [-0.15, -0.1) is 0 Å². The Balaban J connectivity index is 1.54. The van der Waals surface area contributed by atoms with Gasteiger partial charge >= 0.3 is 0 Å². The molecule has 1 aromatic carbocycles. The molecule has 10 heteroatoms. The van der Waals surface area contributed by atoms with Crippen molar-refractivity contribution in [3.05, 3.63) is 53.1 Å². The number of hydrogen-bond donors (Lipinski definition) is 2. The number of carbonyl (C=O) groups excluding carboxylic acids is 1. The number of carbonyl (C=O) groups is 1. The number of aromatic nitrogens is 3. The molecular weight excluding hydrogens is 462 g/mol. The molecule has 8 nitrogen and oxygen atoms in total. The van der Waals surface area contributed by atoms with Crippen LogP contribution in [-0.4, -0.2) is 41.1 Å². The summed E-state index contributed by atoms with van der Waals surface area (Å²) in [6.07, 6.45) is 5.28. The lowest BCUT2D eigenvalue weighted by atomic mass is 9.77. The SMILES string of the molecule is N#CCCCn1c(CN2C(=O)C3(CCS(O)(O)CC3)c3ccncc32)nc2cc(Cl)ccc21. The van der Waals surface area contributed by atoms with Crippen LogP contribution in [0.1, 0.15) is 37.1 Å². The molecule has 172 valence electrons. The van der Waals surface area contributed by atoms with Crippen molar-refractivity contribution in [1.82, 2.24) is 14.5 Å². The van der Waals surface area contributed by atoms with E-state index in [-0.39, 0.29) is 24.0 Å². The summed E-state index contributed by atoms with van der Waals surface area (Å²) in [6.45, 7) is 0.864. The minimum Gasteiger partial charge on any atom is -0.326 e. The number of benzene rings is 1. The molecule has 0 atom stereocenters. The number of nitriles is 1. The third kappa shape index (κ3) is 3.77. The number of amides is 1. The molecular formula is C23H24ClN5O3S. The molecule has 2 N–H and O–H groups in total. The number of halogens is 1. The average molecular weight is 486 g/mol. The lowest BCUT2D eigenvalue weighted by Gasteiger charge is -2.43. The number of nitrogens with zero attached hydrogens (tertiary/aromatic N) is 5. The molecule has 0 unspecified atom stereocenters. The van der Waals surface area contributed by atoms with E-state index in [4.69, 9.17) is 21.8 Å². The van der Waals surface area contributed by atoms with Gasteiger partial charge in [-0.1, -0.05) is 11.6 Å². The highest BCUT2D eigenvalue weighted by Gasteiger charge is 2.53. The van der Waals surface area contributed by atoms with Crippen molar-refractivity contribution >= 4 is 44.8 Å². The van der Waals surface area contributed by atoms with Gasteiger partial charge in [-0.05, 0) is 49.1 Å². The summed E-state index contributed by atoms with van der Waals surface area (Å²) < 4.78 is 22.4. The van der Waals surface area contributed by atoms with Gasteiger partial charge in [-0.3, -0.25) is 18.9 Å². The topological polar surface area (TPSA) is 115 Å². The molecule has 2 aliphatic heterocycles. The van der Waals surface area contributed by atoms with Crippen LogP contribution in [0.25, 0.3) is 11.0 Å². The van der Waals surface area contributed by atoms with Gasteiger partial charge in [0.25, 0.3) is 0 Å². The Bertz CT molecular complexity index is 1270. The quantitative estimate of drug-likeness (QED) is 0.505. The highest BCUT2D eigenvalue weighted by Crippen LogP contribution is 2.56. The predicted molar refractivity (Wildman–Crippen MR) is 129 cm³/mol. The molecule has 3 aromatic rings. The summed E-state index contributed by atoms with van der Waals surface area (Å²) in [5, 5.41) is 9.57. The highest BCUT2D eigenvalue weighted by molar-refractivity contribution is 8.24. The number of hydrogen-bond acceptors (Lipinski definition) is 6. The molecule has 0 saturated carbocycles. The van der Waals surface area contributed by atoms with Gasteiger partial charge in [0.05, 0.1) is 40.9 Å². The van der Waals surface area contributed by atoms with Gasteiger partial charge in [0.2, 0.25) is 5.91 Å². The third-order valence-corrected chi connectivity index (χ3v) is 8.68. The van der Waals surface area contributed by atoms with Crippen molar-refractivity contribution in [3.8, 4) is 6.07 Å². The van der Waals surface area contributed by atoms with Crippen LogP contribution in [0.2, 0.25) is 5.02 Å². The van der Waals surface area contributed by atoms with E-state index in [1.807, 2.05) is 18.2 Å². The van der Waals surface area contributed by atoms with E-state index in [1.165, 1.54) is 0 Å². The van der Waals surface area contributed by atoms with Gasteiger partial charge in [-0.2, -0.15) is 15.9 Å². The Labute approximate surface area is 198 Å². The first kappa shape index (κ1) is 22.2. The van der Waals surface area contributed by atoms with E-state index in [0.717, 1.165) is 22.3 Å². The van der Waals surface area contributed by atoms with Crippen molar-refractivity contribution in [3.63, 3.8) is 0 Å². The number of rotatable bonds is 5. The molecule has 1 amide bonds. The largest absolute Gasteiger partial charge is 0.326 e. The zero-order chi connectivity index (χ0) is 23.2. The van der Waals surface area contributed by atoms with Crippen molar-refractivity contribution in [2.75, 3.05) is 16.4 Å². The van der Waals surface area contributed by atoms with Crippen LogP contribution in [0.4, 0.5) is 5.69 Å². The van der Waals surface area contributed by atoms with Gasteiger partial charge in [0.1, 0.15) is 5.82 Å². The lowest BCUT2D eigenvalue weighted by Crippen LogP contribution is -2.44. The zero-order valence-corrected chi connectivity index (χ0v) is 19.5. The van der Waals surface area contributed by atoms with E-state index in [2.05, 4.69) is 15.6 Å². The lowest BCUT2D eigenvalue weighted by molar-refractivity contribution is -0.123. The fraction of sp³-hybridized carbons (Fsp3) is 0.391. The van der Waals surface area contributed by atoms with Crippen LogP contribution in [0.5, 0.6) is 0 Å². The fourth-order valence-corrected chi connectivity index (χ4v) is 6.73. The summed E-state index contributed by atoms with van der Waals surface area (Å²) >= 11 is 6.18. The molecule has 1 saturated heterocycles. The van der Waals surface area contributed by atoms with Crippen molar-refractivity contribution in [1.29, 1.82) is 5.26 Å². The van der Waals surface area contributed by atoms with Crippen LogP contribution in [0, 0.1) is 11.3 Å². The monoisotopic (exact) mass is 485 g/mol. The second-order valence-electron chi connectivity index (χ2n) is 8.65. The number of fused-ring (bicyclic) bond motifs is 3. The number of anilines is 1. The maximum absolute atomic E-state index is 13.8. The Kier molecular flexibility index (Phi) is 5.57. The predicted octanol–water partition coefficient (Wildman–Crippen LogP) is 4.72. The summed E-state index contributed by atoms with van der Waals surface area (Å²) in [7, 11) is -2.63. The number of pyridine rings is 1. The standard InChI is InChI=1S/C23H24ClN5O3S/c24-16-3-4-19-18(13-16)27-21(28(19)10-2-1-8-25)15-29-20-14-26-9-5-17(20)23(22(29)30)6-11-33(31,32)12-7-23/h3-5,9,13-14,31-32H,1-2,6-7,10-12,15H2. The van der Waals surface area contributed by atoms with Gasteiger partial charge < -0.3 is 9.47 Å². The summed E-state index contributed by atoms with van der Waals surface area (Å²) in [5.74, 6) is 1.11. The Hall–Kier alpha value is -2.64. The molecule has 0 radical (unpaired) electrons. The summed E-state index contributed by atoms with van der Waals surface area (Å²) in [4.78, 5) is 24.6. The van der Waals surface area contributed by atoms with E-state index in [1.54, 1.807) is 23.4 Å². The second kappa shape index (κ2) is 8.29. The average Bonchev–Trinajstić information content (AvgIpc) is 3.24. The van der Waals surface area contributed by atoms with Crippen LogP contribution >= 0.6 is 22.2 Å². The first-order valence-electron chi connectivity index (χ1n) is 10.9. The molecule has 1 spiro atoms. The van der Waals surface area contributed by atoms with Crippen molar-refractivity contribution in [2.45, 2.75) is 44.2 Å². The molecule has 0 aliphatic carbocycles. The number of unbranched alkanes of at least 4 members (excludes halogenated alkanes) is 1. The summed E-state index contributed by atoms with van der Waals surface area (Å²) in [5.41, 5.74) is 2.53. The minimum absolute atomic E-state index is 0.0472. The Morgan fingerprint density at radius 1 is 1.24 bits per heavy atom. The zero-order valence-electron chi connectivity index (χ0n) is 17.9. The second-order valence-corrected chi connectivity index (χ2v) is 11.5. The fourth-order valence-electron chi connectivity index (χ4n) is 5.01. The van der Waals surface area contributed by atoms with Crippen LogP contribution in [-0.2, 0) is 23.3 Å². The van der Waals surface area contributed by atoms with Gasteiger partial charge in [0.15, 0.2) is 0 Å². The smallest absolute Gasteiger partial charge is 0.238 e. The van der Waals surface area contributed by atoms with E-state index in [9.17, 15) is 13.9 Å². The van der Waals surface area contributed by atoms with E-state index in [0.29, 0.717) is 43.1 Å². The molecule has 33 heavy (non-hydrogen) atoms. The molecule has 5 rings (SSSR count). The molecule has 0 bridgehead atoms. The van der Waals surface area contributed by atoms with E-state index >= 15 is 0 Å². The normalized spacial score (nSPS) is 19.6. The Morgan fingerprint density at radius 2 is 2.03 bits per heavy atom. The molecule has 4 heterocycles. The highest BCUT2D eigenvalue weighted by atomic mass is 35.5. The van der Waals surface area contributed by atoms with Crippen LogP contribution in [0.3, 0.4) is 0 Å². The first-order chi connectivity index (χ1) is 15.8. The summed E-state index contributed by atoms with van der Waals surface area (Å²) in [6, 6.07) is 9.58.